The number of nitrogens with zero attached hydrogens (tertiary/aromatic N) is 5. The van der Waals surface area contributed by atoms with Crippen molar-refractivity contribution in [1.29, 1.82) is 0 Å². The normalized spacial score (nSPS) is 23.2. The van der Waals surface area contributed by atoms with Gasteiger partial charge in [0.15, 0.2) is 0 Å². The molecule has 3 aromatic rings. The summed E-state index contributed by atoms with van der Waals surface area (Å²) < 4.78 is 4.02. The fourth-order valence-corrected chi connectivity index (χ4v) is 3.58. The lowest BCUT2D eigenvalue weighted by Crippen LogP contribution is -2.26. The molecule has 0 bridgehead atoms. The first kappa shape index (κ1) is 13.8. The van der Waals surface area contributed by atoms with Crippen molar-refractivity contribution in [3.8, 4) is 23.6 Å². The Morgan fingerprint density at radius 3 is 2.83 bits per heavy atom. The topological polar surface area (TPSA) is 48.5 Å². The summed E-state index contributed by atoms with van der Waals surface area (Å²) in [7, 11) is 1.96. The fourth-order valence-electron chi connectivity index (χ4n) is 3.58. The monoisotopic (exact) mass is 317 g/mol. The van der Waals surface area contributed by atoms with E-state index in [1.54, 1.807) is 0 Å². The van der Waals surface area contributed by atoms with E-state index in [1.807, 2.05) is 24.1 Å². The number of hydrogen-bond donors (Lipinski definition) is 0. The number of rotatable bonds is 3. The molecular formula is C19H19N5. The van der Waals surface area contributed by atoms with Gasteiger partial charge in [0.25, 0.3) is 0 Å². The zero-order valence-electron chi connectivity index (χ0n) is 13.7. The smallest absolute Gasteiger partial charge is 0.0758 e. The van der Waals surface area contributed by atoms with Gasteiger partial charge < -0.3 is 0 Å². The molecular weight excluding hydrogens is 298 g/mol. The maximum absolute atomic E-state index is 5.52. The van der Waals surface area contributed by atoms with Gasteiger partial charge >= 0.3 is 0 Å². The third-order valence-electron chi connectivity index (χ3n) is 5.35. The zero-order chi connectivity index (χ0) is 16.3. The average molecular weight is 317 g/mol. The average Bonchev–Trinajstić information content (AvgIpc) is 3.21. The molecule has 120 valence electrons. The number of aromatic nitrogens is 5. The van der Waals surface area contributed by atoms with E-state index in [4.69, 9.17) is 11.5 Å². The van der Waals surface area contributed by atoms with Gasteiger partial charge in [0, 0.05) is 42.2 Å². The summed E-state index contributed by atoms with van der Waals surface area (Å²) in [4.78, 5) is 4.67. The maximum Gasteiger partial charge on any atom is 0.0758 e. The summed E-state index contributed by atoms with van der Waals surface area (Å²) in [6, 6.07) is 2.57. The second kappa shape index (κ2) is 4.94. The van der Waals surface area contributed by atoms with Gasteiger partial charge in [0.05, 0.1) is 29.1 Å². The minimum absolute atomic E-state index is 0.413. The molecule has 0 radical (unpaired) electrons. The lowest BCUT2D eigenvalue weighted by molar-refractivity contribution is 0.231. The third kappa shape index (κ3) is 2.06. The van der Waals surface area contributed by atoms with Gasteiger partial charge in [0.1, 0.15) is 0 Å². The van der Waals surface area contributed by atoms with Crippen LogP contribution in [0.4, 0.5) is 0 Å². The van der Waals surface area contributed by atoms with Crippen LogP contribution in [-0.4, -0.2) is 24.5 Å². The molecule has 24 heavy (non-hydrogen) atoms. The Hall–Kier alpha value is -2.61. The minimum atomic E-state index is 0.413. The second-order valence-corrected chi connectivity index (χ2v) is 7.07. The van der Waals surface area contributed by atoms with E-state index < -0.39 is 0 Å². The molecule has 0 spiro atoms. The summed E-state index contributed by atoms with van der Waals surface area (Å²) >= 11 is 0. The summed E-state index contributed by atoms with van der Waals surface area (Å²) in [5.74, 6) is 3.85. The first-order valence-electron chi connectivity index (χ1n) is 8.56. The second-order valence-electron chi connectivity index (χ2n) is 7.07. The van der Waals surface area contributed by atoms with Crippen LogP contribution in [0.2, 0.25) is 0 Å². The van der Waals surface area contributed by atoms with E-state index in [1.165, 1.54) is 24.1 Å². The van der Waals surface area contributed by atoms with Gasteiger partial charge in [-0.25, -0.2) is 0 Å². The lowest BCUT2D eigenvalue weighted by atomic mass is 9.81. The number of hydrogen-bond acceptors (Lipinski definition) is 3. The minimum Gasteiger partial charge on any atom is -0.269 e. The predicted octanol–water partition coefficient (Wildman–Crippen LogP) is 3.29. The van der Waals surface area contributed by atoms with Crippen molar-refractivity contribution in [2.24, 2.45) is 13.0 Å². The van der Waals surface area contributed by atoms with Crippen molar-refractivity contribution in [3.63, 3.8) is 0 Å². The van der Waals surface area contributed by atoms with Gasteiger partial charge in [-0.15, -0.1) is 12.3 Å². The van der Waals surface area contributed by atoms with Crippen LogP contribution in [0.25, 0.3) is 22.2 Å². The van der Waals surface area contributed by atoms with Crippen LogP contribution in [-0.2, 0) is 7.05 Å². The van der Waals surface area contributed by atoms with Gasteiger partial charge in [0.2, 0.25) is 0 Å². The van der Waals surface area contributed by atoms with Gasteiger partial charge in [-0.3, -0.25) is 14.3 Å². The number of fused-ring (bicyclic) bond motifs is 1. The molecule has 0 amide bonds. The highest BCUT2D eigenvalue weighted by atomic mass is 15.3. The molecule has 0 aliphatic heterocycles. The van der Waals surface area contributed by atoms with Crippen LogP contribution < -0.4 is 0 Å². The molecule has 3 heterocycles. The van der Waals surface area contributed by atoms with Gasteiger partial charge in [-0.1, -0.05) is 0 Å². The molecule has 0 unspecified atom stereocenters. The molecule has 3 aromatic heterocycles. The molecule has 5 heteroatoms. The molecule has 0 atom stereocenters. The Morgan fingerprint density at radius 1 is 1.25 bits per heavy atom. The maximum atomic E-state index is 5.52. The quantitative estimate of drug-likeness (QED) is 0.696. The molecule has 5 rings (SSSR count). The summed E-state index contributed by atoms with van der Waals surface area (Å²) in [5.41, 5.74) is 4.47. The third-order valence-corrected chi connectivity index (χ3v) is 5.35. The Morgan fingerprint density at radius 2 is 2.08 bits per heavy atom. The Balaban J connectivity index is 1.57. The highest BCUT2D eigenvalue weighted by molar-refractivity contribution is 5.82. The van der Waals surface area contributed by atoms with E-state index in [-0.39, 0.29) is 0 Å². The largest absolute Gasteiger partial charge is 0.269 e. The lowest BCUT2D eigenvalue weighted by Gasteiger charge is -2.31. The SMILES string of the molecule is C#C[C@H]1C[C@H](n2cc(-c3cc4c(cn3)cnn4C)c(C3CC3)n2)C1. The van der Waals surface area contributed by atoms with E-state index in [2.05, 4.69) is 32.9 Å². The van der Waals surface area contributed by atoms with Crippen LogP contribution in [0, 0.1) is 18.3 Å². The van der Waals surface area contributed by atoms with Gasteiger partial charge in [-0.05, 0) is 31.7 Å². The molecule has 0 N–H and O–H groups in total. The standard InChI is InChI=1S/C19H19N5/c1-3-12-6-15(7-12)24-11-16(19(22-24)13-4-5-13)17-8-18-14(9-20-17)10-21-23(18)2/h1,8-13,15H,4-7H2,2H3/t12-,15-. The highest BCUT2D eigenvalue weighted by Crippen LogP contribution is 2.45. The van der Waals surface area contributed by atoms with Crippen LogP contribution in [0.3, 0.4) is 0 Å². The van der Waals surface area contributed by atoms with E-state index in [0.29, 0.717) is 17.9 Å². The first-order chi connectivity index (χ1) is 11.7. The molecule has 0 saturated heterocycles. The van der Waals surface area contributed by atoms with Crippen LogP contribution in [0.15, 0.2) is 24.7 Å². The van der Waals surface area contributed by atoms with E-state index >= 15 is 0 Å². The van der Waals surface area contributed by atoms with Crippen molar-refractivity contribution in [2.75, 3.05) is 0 Å². The van der Waals surface area contributed by atoms with E-state index in [9.17, 15) is 0 Å². The molecule has 5 nitrogen and oxygen atoms in total. The summed E-state index contributed by atoms with van der Waals surface area (Å²) in [6.45, 7) is 0. The molecule has 2 fully saturated rings. The van der Waals surface area contributed by atoms with Crippen molar-refractivity contribution in [1.82, 2.24) is 24.5 Å². The predicted molar refractivity (Wildman–Crippen MR) is 92.3 cm³/mol. The Labute approximate surface area is 140 Å². The van der Waals surface area contributed by atoms with Crippen molar-refractivity contribution in [2.45, 2.75) is 37.6 Å². The number of terminal acetylenes is 1. The van der Waals surface area contributed by atoms with Crippen molar-refractivity contribution < 1.29 is 0 Å². The number of aryl methyl sites for hydroxylation is 1. The first-order valence-corrected chi connectivity index (χ1v) is 8.56. The van der Waals surface area contributed by atoms with Crippen molar-refractivity contribution in [3.05, 3.63) is 30.4 Å². The summed E-state index contributed by atoms with van der Waals surface area (Å²) in [6.07, 6.45) is 16.0. The van der Waals surface area contributed by atoms with Crippen molar-refractivity contribution >= 4 is 10.9 Å². The molecule has 0 aromatic carbocycles. The molecule has 2 aliphatic carbocycles. The zero-order valence-corrected chi connectivity index (χ0v) is 13.7. The highest BCUT2D eigenvalue weighted by Gasteiger charge is 2.34. The van der Waals surface area contributed by atoms with Gasteiger partial charge in [-0.2, -0.15) is 10.2 Å². The summed E-state index contributed by atoms with van der Waals surface area (Å²) in [5, 5.41) is 10.3. The van der Waals surface area contributed by atoms with E-state index in [0.717, 1.165) is 29.4 Å². The number of pyridine rings is 1. The molecule has 2 saturated carbocycles. The Bertz CT molecular complexity index is 963. The van der Waals surface area contributed by atoms with Crippen LogP contribution >= 0.6 is 0 Å². The van der Waals surface area contributed by atoms with Crippen LogP contribution in [0.5, 0.6) is 0 Å². The fraction of sp³-hybridized carbons (Fsp3) is 0.421. The molecule has 2 aliphatic rings. The Kier molecular flexibility index (Phi) is 2.84. The van der Waals surface area contributed by atoms with Crippen LogP contribution in [0.1, 0.15) is 43.3 Å².